The van der Waals surface area contributed by atoms with Gasteiger partial charge >= 0.3 is 0 Å². The first-order valence-electron chi connectivity index (χ1n) is 15.1. The Morgan fingerprint density at radius 3 is 2.57 bits per heavy atom. The summed E-state index contributed by atoms with van der Waals surface area (Å²) in [5.41, 5.74) is 2.48. The van der Waals surface area contributed by atoms with Gasteiger partial charge in [0.2, 0.25) is 6.41 Å². The van der Waals surface area contributed by atoms with Gasteiger partial charge in [-0.1, -0.05) is 65.5 Å². The lowest BCUT2D eigenvalue weighted by molar-refractivity contribution is -0.165. The van der Waals surface area contributed by atoms with Crippen LogP contribution >= 0.6 is 0 Å². The molecule has 9 unspecified atom stereocenters. The fraction of sp³-hybridized carbons (Fsp3) is 0.935. The van der Waals surface area contributed by atoms with E-state index in [0.717, 1.165) is 48.3 Å². The molecule has 9 atom stereocenters. The topological polar surface area (TPSA) is 61.7 Å². The number of allylic oxidation sites excluding steroid dienone is 1. The van der Waals surface area contributed by atoms with Gasteiger partial charge in [-0.25, -0.2) is 0 Å². The summed E-state index contributed by atoms with van der Waals surface area (Å²) in [4.78, 5) is 0. The van der Waals surface area contributed by atoms with Crippen molar-refractivity contribution >= 4 is 0 Å². The molecule has 0 bridgehead atoms. The van der Waals surface area contributed by atoms with Gasteiger partial charge < -0.3 is 14.9 Å². The molecule has 0 aromatic carbocycles. The summed E-state index contributed by atoms with van der Waals surface area (Å²) < 4.78 is 5.96. The molecule has 0 aromatic heterocycles. The summed E-state index contributed by atoms with van der Waals surface area (Å²) in [5.74, 6) is 5.21. The average molecular weight is 490 g/mol. The molecule has 4 nitrogen and oxygen atoms in total. The zero-order valence-corrected chi connectivity index (χ0v) is 23.4. The summed E-state index contributed by atoms with van der Waals surface area (Å²) in [6.45, 7) is 13.2. The van der Waals surface area contributed by atoms with Gasteiger partial charge in [0.15, 0.2) is 0 Å². The molecule has 0 spiro atoms. The molecule has 0 aliphatic heterocycles. The predicted molar refractivity (Wildman–Crippen MR) is 144 cm³/mol. The molecule has 0 saturated heterocycles. The molecule has 3 N–H and O–H groups in total. The molecule has 4 aliphatic rings. The van der Waals surface area contributed by atoms with Crippen LogP contribution in [-0.4, -0.2) is 35.9 Å². The van der Waals surface area contributed by atoms with Crippen LogP contribution in [0.5, 0.6) is 0 Å². The first kappa shape index (κ1) is 27.6. The van der Waals surface area contributed by atoms with Gasteiger partial charge in [-0.3, -0.25) is 5.32 Å². The van der Waals surface area contributed by atoms with Crippen LogP contribution in [-0.2, 0) is 4.74 Å². The number of aliphatic hydroxyl groups is 2. The highest BCUT2D eigenvalue weighted by Crippen LogP contribution is 2.67. The van der Waals surface area contributed by atoms with Gasteiger partial charge in [0.1, 0.15) is 0 Å². The third kappa shape index (κ3) is 5.71. The number of hydrogen-bond acceptors (Lipinski definition) is 4. The molecule has 4 aliphatic carbocycles. The molecule has 0 aromatic rings. The Morgan fingerprint density at radius 1 is 1.03 bits per heavy atom. The molecule has 3 fully saturated rings. The maximum absolute atomic E-state index is 10.2. The first-order chi connectivity index (χ1) is 16.7. The molecular weight excluding hydrogens is 434 g/mol. The van der Waals surface area contributed by atoms with Crippen LogP contribution in [0.15, 0.2) is 11.6 Å². The summed E-state index contributed by atoms with van der Waals surface area (Å²) in [5, 5.41) is 22.1. The van der Waals surface area contributed by atoms with Crippen molar-refractivity contribution in [1.82, 2.24) is 5.32 Å². The highest BCUT2D eigenvalue weighted by Gasteiger charge is 2.59. The zero-order chi connectivity index (χ0) is 25.2. The lowest BCUT2D eigenvalue weighted by atomic mass is 9.47. The van der Waals surface area contributed by atoms with Crippen LogP contribution in [0.3, 0.4) is 0 Å². The maximum Gasteiger partial charge on any atom is 0.213 e. The Balaban J connectivity index is 1.39. The number of rotatable bonds is 11. The van der Waals surface area contributed by atoms with Crippen molar-refractivity contribution in [3.05, 3.63) is 11.6 Å². The molecule has 4 heteroatoms. The minimum Gasteiger partial charge on any atom is -0.396 e. The monoisotopic (exact) mass is 489 g/mol. The minimum atomic E-state index is -0.929. The normalized spacial score (nSPS) is 40.6. The summed E-state index contributed by atoms with van der Waals surface area (Å²) in [7, 11) is 0. The van der Waals surface area contributed by atoms with Gasteiger partial charge in [-0.15, -0.1) is 0 Å². The highest BCUT2D eigenvalue weighted by molar-refractivity contribution is 5.25. The van der Waals surface area contributed by atoms with E-state index in [1.54, 1.807) is 5.57 Å². The van der Waals surface area contributed by atoms with Crippen LogP contribution < -0.4 is 5.32 Å². The molecule has 3 saturated carbocycles. The van der Waals surface area contributed by atoms with Gasteiger partial charge in [0, 0.05) is 13.2 Å². The van der Waals surface area contributed by atoms with Crippen LogP contribution in [0.2, 0.25) is 0 Å². The molecule has 0 heterocycles. The molecule has 35 heavy (non-hydrogen) atoms. The van der Waals surface area contributed by atoms with Crippen molar-refractivity contribution in [3.63, 3.8) is 0 Å². The van der Waals surface area contributed by atoms with E-state index in [4.69, 9.17) is 9.84 Å². The number of aliphatic hydroxyl groups excluding tert-OH is 2. The Morgan fingerprint density at radius 2 is 1.83 bits per heavy atom. The summed E-state index contributed by atoms with van der Waals surface area (Å²) in [6.07, 6.45) is 16.8. The van der Waals surface area contributed by atoms with E-state index in [1.165, 1.54) is 57.8 Å². The number of fused-ring (bicyclic) bond motifs is 5. The minimum absolute atomic E-state index is 0.0962. The van der Waals surface area contributed by atoms with E-state index in [1.807, 2.05) is 0 Å². The van der Waals surface area contributed by atoms with E-state index in [9.17, 15) is 5.11 Å². The van der Waals surface area contributed by atoms with Crippen LogP contribution in [0.25, 0.3) is 0 Å². The zero-order valence-electron chi connectivity index (χ0n) is 23.4. The molecule has 202 valence electrons. The Hall–Kier alpha value is -0.420. The Bertz CT molecular complexity index is 722. The van der Waals surface area contributed by atoms with Gasteiger partial charge in [-0.05, 0) is 104 Å². The Labute approximate surface area is 215 Å². The van der Waals surface area contributed by atoms with Crippen molar-refractivity contribution < 1.29 is 14.9 Å². The summed E-state index contributed by atoms with van der Waals surface area (Å²) in [6, 6.07) is 0. The second-order valence-electron chi connectivity index (χ2n) is 13.7. The second kappa shape index (κ2) is 11.5. The van der Waals surface area contributed by atoms with E-state index < -0.39 is 6.41 Å². The van der Waals surface area contributed by atoms with Gasteiger partial charge in [0.05, 0.1) is 6.10 Å². The van der Waals surface area contributed by atoms with Gasteiger partial charge in [0.25, 0.3) is 0 Å². The van der Waals surface area contributed by atoms with Crippen molar-refractivity contribution in [2.75, 3.05) is 13.2 Å². The highest BCUT2D eigenvalue weighted by atomic mass is 16.6. The lowest BCUT2D eigenvalue weighted by Crippen LogP contribution is -2.51. The standard InChI is InChI=1S/C31H55NO3/c1-21(2)8-6-9-22(3)26-12-13-27-25-11-10-23-20-24(35-29(34)32-18-7-19-33)14-16-30(23,4)28(25)15-17-31(26,27)5/h10,21-22,24-29,32-34H,6-9,11-20H2,1-5H3. The number of nitrogens with one attached hydrogen (secondary N) is 1. The smallest absolute Gasteiger partial charge is 0.213 e. The van der Waals surface area contributed by atoms with Crippen molar-refractivity contribution in [2.45, 2.75) is 124 Å². The van der Waals surface area contributed by atoms with Crippen molar-refractivity contribution in [3.8, 4) is 0 Å². The first-order valence-corrected chi connectivity index (χ1v) is 15.1. The Kier molecular flexibility index (Phi) is 9.10. The van der Waals surface area contributed by atoms with E-state index in [0.29, 0.717) is 23.8 Å². The average Bonchev–Trinajstić information content (AvgIpc) is 3.16. The van der Waals surface area contributed by atoms with E-state index >= 15 is 0 Å². The third-order valence-electron chi connectivity index (χ3n) is 11.2. The molecule has 0 amide bonds. The molecule has 0 radical (unpaired) electrons. The van der Waals surface area contributed by atoms with Crippen molar-refractivity contribution in [1.29, 1.82) is 0 Å². The van der Waals surface area contributed by atoms with E-state index in [2.05, 4.69) is 46.0 Å². The predicted octanol–water partition coefficient (Wildman–Crippen LogP) is 6.66. The number of ether oxygens (including phenoxy) is 1. The lowest BCUT2D eigenvalue weighted by Gasteiger charge is -2.58. The molecule has 4 rings (SSSR count). The maximum atomic E-state index is 10.2. The summed E-state index contributed by atoms with van der Waals surface area (Å²) >= 11 is 0. The van der Waals surface area contributed by atoms with Gasteiger partial charge in [-0.2, -0.15) is 0 Å². The van der Waals surface area contributed by atoms with Crippen LogP contribution in [0.4, 0.5) is 0 Å². The third-order valence-corrected chi connectivity index (χ3v) is 11.2. The number of hydrogen-bond donors (Lipinski definition) is 3. The van der Waals surface area contributed by atoms with Crippen LogP contribution in [0, 0.1) is 46.3 Å². The largest absolute Gasteiger partial charge is 0.396 e. The SMILES string of the molecule is CC(C)CCCC(C)C1CCC2C3CC=C4CC(OC(O)NCCCO)CCC4(C)C3CCC12C. The van der Waals surface area contributed by atoms with Crippen molar-refractivity contribution in [2.24, 2.45) is 46.3 Å². The van der Waals surface area contributed by atoms with E-state index in [-0.39, 0.29) is 12.7 Å². The fourth-order valence-corrected chi connectivity index (χ4v) is 9.30. The second-order valence-corrected chi connectivity index (χ2v) is 13.7. The quantitative estimate of drug-likeness (QED) is 0.172. The molecular formula is C31H55NO3. The fourth-order valence-electron chi connectivity index (χ4n) is 9.30. The van der Waals surface area contributed by atoms with Crippen LogP contribution in [0.1, 0.15) is 112 Å².